The number of halogens is 3. The summed E-state index contributed by atoms with van der Waals surface area (Å²) in [6.07, 6.45) is 1.63. The number of carbonyl (C=O) groups excluding carboxylic acids is 3. The number of benzene rings is 1. The van der Waals surface area contributed by atoms with Crippen molar-refractivity contribution in [2.24, 2.45) is 0 Å². The van der Waals surface area contributed by atoms with Gasteiger partial charge >= 0.3 is 6.18 Å². The van der Waals surface area contributed by atoms with Crippen LogP contribution in [0.25, 0.3) is 0 Å². The third kappa shape index (κ3) is 4.97. The number of likely N-dealkylation sites (tertiary alicyclic amines) is 1. The Morgan fingerprint density at radius 2 is 1.74 bits per heavy atom. The summed E-state index contributed by atoms with van der Waals surface area (Å²) in [7, 11) is 0. The minimum absolute atomic E-state index is 0.0147. The molecule has 12 heteroatoms. The van der Waals surface area contributed by atoms with E-state index in [2.05, 4.69) is 20.2 Å². The third-order valence-corrected chi connectivity index (χ3v) is 8.19. The van der Waals surface area contributed by atoms with E-state index in [9.17, 15) is 27.6 Å². The van der Waals surface area contributed by atoms with Crippen LogP contribution in [0.15, 0.2) is 30.6 Å². The standard InChI is InChI=1S/C27H28F3N5O4/c28-27(29,30)17-10-31-24(32-11-17)16-12-34(13-16)20-3-1-2-4-22(20)39-18-5-6-19-15(9-18)14-35(26(19)38)21-7-8-23(36)33-25(21)37/h5-6,9-11,16,20-22H,1-4,7-8,12-14H2,(H,33,36,37)/t20-,21-,22-/m1/s1. The second-order valence-corrected chi connectivity index (χ2v) is 10.7. The molecule has 1 aromatic carbocycles. The molecule has 0 unspecified atom stereocenters. The summed E-state index contributed by atoms with van der Waals surface area (Å²) in [5.41, 5.74) is 0.479. The van der Waals surface area contributed by atoms with Crippen molar-refractivity contribution in [3.63, 3.8) is 0 Å². The maximum absolute atomic E-state index is 13.0. The molecule has 3 fully saturated rings. The zero-order chi connectivity index (χ0) is 27.3. The molecule has 1 aromatic heterocycles. The number of aromatic nitrogens is 2. The number of hydrogen-bond donors (Lipinski definition) is 1. The molecule has 6 rings (SSSR count). The first-order chi connectivity index (χ1) is 18.7. The van der Waals surface area contributed by atoms with Crippen LogP contribution in [0.1, 0.15) is 71.8 Å². The number of fused-ring (bicyclic) bond motifs is 1. The van der Waals surface area contributed by atoms with E-state index in [-0.39, 0.29) is 42.8 Å². The first-order valence-corrected chi connectivity index (χ1v) is 13.2. The predicted octanol–water partition coefficient (Wildman–Crippen LogP) is 3.05. The van der Waals surface area contributed by atoms with Gasteiger partial charge in [0.2, 0.25) is 11.8 Å². The van der Waals surface area contributed by atoms with Gasteiger partial charge in [0.25, 0.3) is 5.91 Å². The fourth-order valence-corrected chi connectivity index (χ4v) is 6.07. The van der Waals surface area contributed by atoms with Gasteiger partial charge < -0.3 is 9.64 Å². The number of nitrogens with zero attached hydrogens (tertiary/aromatic N) is 4. The molecule has 0 radical (unpaired) electrons. The highest BCUT2D eigenvalue weighted by atomic mass is 19.4. The highest BCUT2D eigenvalue weighted by molar-refractivity contribution is 6.05. The molecule has 1 saturated carbocycles. The van der Waals surface area contributed by atoms with Crippen LogP contribution in [0.3, 0.4) is 0 Å². The van der Waals surface area contributed by atoms with Crippen molar-refractivity contribution in [3.05, 3.63) is 53.1 Å². The Bertz CT molecular complexity index is 1300. The van der Waals surface area contributed by atoms with Gasteiger partial charge in [-0.05, 0) is 49.4 Å². The van der Waals surface area contributed by atoms with Gasteiger partial charge in [0.05, 0.1) is 5.56 Å². The fourth-order valence-electron chi connectivity index (χ4n) is 6.07. The van der Waals surface area contributed by atoms with Crippen LogP contribution < -0.4 is 10.1 Å². The Morgan fingerprint density at radius 3 is 2.46 bits per heavy atom. The van der Waals surface area contributed by atoms with Crippen LogP contribution in [0.4, 0.5) is 13.2 Å². The van der Waals surface area contributed by atoms with Gasteiger partial charge in [-0.1, -0.05) is 6.42 Å². The van der Waals surface area contributed by atoms with Gasteiger partial charge in [-0.2, -0.15) is 13.2 Å². The minimum Gasteiger partial charge on any atom is -0.489 e. The fraction of sp³-hybridized carbons (Fsp3) is 0.519. The Balaban J connectivity index is 1.09. The largest absolute Gasteiger partial charge is 0.489 e. The van der Waals surface area contributed by atoms with Crippen molar-refractivity contribution >= 4 is 17.7 Å². The van der Waals surface area contributed by atoms with Crippen molar-refractivity contribution < 1.29 is 32.3 Å². The van der Waals surface area contributed by atoms with E-state index in [0.29, 0.717) is 36.6 Å². The molecule has 0 spiro atoms. The summed E-state index contributed by atoms with van der Waals surface area (Å²) in [5.74, 6) is 0.0861. The summed E-state index contributed by atoms with van der Waals surface area (Å²) in [4.78, 5) is 48.5. The topological polar surface area (TPSA) is 105 Å². The number of piperidine rings is 1. The molecule has 9 nitrogen and oxygen atoms in total. The molecule has 3 aliphatic heterocycles. The number of ether oxygens (including phenoxy) is 1. The zero-order valence-corrected chi connectivity index (χ0v) is 21.1. The SMILES string of the molecule is O=C1CC[C@@H](N2Cc3cc(O[C@@H]4CCCC[C@H]4N4CC(c5ncc(C(F)(F)F)cn5)C4)ccc3C2=O)C(=O)N1. The Morgan fingerprint density at radius 1 is 1.00 bits per heavy atom. The first kappa shape index (κ1) is 25.7. The molecule has 2 aromatic rings. The molecule has 2 saturated heterocycles. The quantitative estimate of drug-likeness (QED) is 0.578. The molecule has 206 valence electrons. The molecular weight excluding hydrogens is 515 g/mol. The zero-order valence-electron chi connectivity index (χ0n) is 21.1. The van der Waals surface area contributed by atoms with Crippen LogP contribution in [0.2, 0.25) is 0 Å². The summed E-state index contributed by atoms with van der Waals surface area (Å²) >= 11 is 0. The molecular formula is C27H28F3N5O4. The number of alkyl halides is 3. The summed E-state index contributed by atoms with van der Waals surface area (Å²) < 4.78 is 44.9. The average molecular weight is 544 g/mol. The highest BCUT2D eigenvalue weighted by Crippen LogP contribution is 2.36. The molecule has 4 aliphatic rings. The highest BCUT2D eigenvalue weighted by Gasteiger charge is 2.42. The van der Waals surface area contributed by atoms with E-state index in [1.54, 1.807) is 12.1 Å². The smallest absolute Gasteiger partial charge is 0.419 e. The summed E-state index contributed by atoms with van der Waals surface area (Å²) in [5, 5.41) is 2.31. The Hall–Kier alpha value is -3.54. The van der Waals surface area contributed by atoms with Gasteiger partial charge in [-0.3, -0.25) is 24.6 Å². The Kier molecular flexibility index (Phi) is 6.52. The lowest BCUT2D eigenvalue weighted by Crippen LogP contribution is -2.57. The van der Waals surface area contributed by atoms with Crippen LogP contribution in [0.5, 0.6) is 5.75 Å². The van der Waals surface area contributed by atoms with Crippen LogP contribution in [0, 0.1) is 0 Å². The number of amides is 3. The second-order valence-electron chi connectivity index (χ2n) is 10.7. The Labute approximate surface area is 222 Å². The van der Waals surface area contributed by atoms with Gasteiger partial charge in [0, 0.05) is 56.0 Å². The van der Waals surface area contributed by atoms with Crippen molar-refractivity contribution in [2.75, 3.05) is 13.1 Å². The lowest BCUT2D eigenvalue weighted by Gasteiger charge is -2.47. The molecule has 3 atom stereocenters. The van der Waals surface area contributed by atoms with E-state index in [1.165, 1.54) is 4.90 Å². The molecule has 4 heterocycles. The molecule has 0 bridgehead atoms. The molecule has 3 amide bonds. The van der Waals surface area contributed by atoms with Gasteiger partial charge in [-0.15, -0.1) is 0 Å². The van der Waals surface area contributed by atoms with Gasteiger partial charge in [0.15, 0.2) is 0 Å². The lowest BCUT2D eigenvalue weighted by atomic mass is 9.86. The number of hydrogen-bond acceptors (Lipinski definition) is 7. The first-order valence-electron chi connectivity index (χ1n) is 13.2. The number of carbonyl (C=O) groups is 3. The molecule has 1 aliphatic carbocycles. The van der Waals surface area contributed by atoms with Crippen molar-refractivity contribution in [3.8, 4) is 5.75 Å². The lowest BCUT2D eigenvalue weighted by molar-refractivity contribution is -0.138. The number of nitrogens with one attached hydrogen (secondary N) is 1. The van der Waals surface area contributed by atoms with Crippen LogP contribution in [-0.2, 0) is 22.3 Å². The summed E-state index contributed by atoms with van der Waals surface area (Å²) in [6, 6.07) is 4.88. The van der Waals surface area contributed by atoms with E-state index < -0.39 is 23.7 Å². The van der Waals surface area contributed by atoms with Crippen molar-refractivity contribution in [2.45, 2.75) is 75.4 Å². The van der Waals surface area contributed by atoms with E-state index >= 15 is 0 Å². The number of imide groups is 1. The third-order valence-electron chi connectivity index (χ3n) is 8.19. The van der Waals surface area contributed by atoms with Crippen molar-refractivity contribution in [1.29, 1.82) is 0 Å². The van der Waals surface area contributed by atoms with Crippen LogP contribution in [-0.4, -0.2) is 68.8 Å². The predicted molar refractivity (Wildman–Crippen MR) is 131 cm³/mol. The van der Waals surface area contributed by atoms with Gasteiger partial charge in [-0.25, -0.2) is 9.97 Å². The number of rotatable bonds is 5. The monoisotopic (exact) mass is 543 g/mol. The second kappa shape index (κ2) is 9.89. The van der Waals surface area contributed by atoms with Gasteiger partial charge in [0.1, 0.15) is 23.7 Å². The minimum atomic E-state index is -4.45. The maximum Gasteiger partial charge on any atom is 0.419 e. The van der Waals surface area contributed by atoms with E-state index in [4.69, 9.17) is 4.74 Å². The van der Waals surface area contributed by atoms with Crippen molar-refractivity contribution in [1.82, 2.24) is 25.1 Å². The van der Waals surface area contributed by atoms with E-state index in [1.807, 2.05) is 6.07 Å². The van der Waals surface area contributed by atoms with Crippen LogP contribution >= 0.6 is 0 Å². The summed E-state index contributed by atoms with van der Waals surface area (Å²) in [6.45, 7) is 1.61. The average Bonchev–Trinajstić information content (AvgIpc) is 3.19. The normalized spacial score (nSPS) is 26.3. The molecule has 39 heavy (non-hydrogen) atoms. The molecule has 1 N–H and O–H groups in total. The maximum atomic E-state index is 13.0. The van der Waals surface area contributed by atoms with E-state index in [0.717, 1.165) is 43.6 Å².